The SMILES string of the molecule is CCc1cc(OC)ccc1[C@H](CC(=O)O)NC(=O)c1cc(OC[C@H](O)C(C)(C)C)n(-c2ccccc2F)n1. The van der Waals surface area contributed by atoms with Gasteiger partial charge in [0.15, 0.2) is 5.69 Å². The van der Waals surface area contributed by atoms with Gasteiger partial charge >= 0.3 is 5.97 Å². The Morgan fingerprint density at radius 3 is 2.47 bits per heavy atom. The van der Waals surface area contributed by atoms with Crippen LogP contribution in [0.1, 0.15) is 61.8 Å². The van der Waals surface area contributed by atoms with Gasteiger partial charge in [0.25, 0.3) is 5.91 Å². The van der Waals surface area contributed by atoms with Gasteiger partial charge in [-0.3, -0.25) is 9.59 Å². The quantitative estimate of drug-likeness (QED) is 0.340. The Kier molecular flexibility index (Phi) is 9.11. The first-order valence-electron chi connectivity index (χ1n) is 12.3. The number of aryl methyl sites for hydroxylation is 1. The molecule has 3 N–H and O–H groups in total. The van der Waals surface area contributed by atoms with Crippen molar-refractivity contribution in [1.29, 1.82) is 0 Å². The van der Waals surface area contributed by atoms with E-state index in [-0.39, 0.29) is 30.3 Å². The van der Waals surface area contributed by atoms with Crippen LogP contribution in [-0.4, -0.2) is 51.7 Å². The number of aliphatic hydroxyl groups excluding tert-OH is 1. The minimum absolute atomic E-state index is 0.0528. The number of benzene rings is 2. The van der Waals surface area contributed by atoms with E-state index in [0.717, 1.165) is 10.2 Å². The molecule has 204 valence electrons. The van der Waals surface area contributed by atoms with Crippen molar-refractivity contribution in [1.82, 2.24) is 15.1 Å². The summed E-state index contributed by atoms with van der Waals surface area (Å²) in [4.78, 5) is 25.0. The summed E-state index contributed by atoms with van der Waals surface area (Å²) >= 11 is 0. The maximum Gasteiger partial charge on any atom is 0.305 e. The van der Waals surface area contributed by atoms with Crippen LogP contribution >= 0.6 is 0 Å². The van der Waals surface area contributed by atoms with E-state index in [1.165, 1.54) is 31.4 Å². The Bertz CT molecular complexity index is 1280. The van der Waals surface area contributed by atoms with Crippen LogP contribution in [0.5, 0.6) is 11.6 Å². The Hall–Kier alpha value is -3.92. The molecule has 0 aliphatic rings. The van der Waals surface area contributed by atoms with Gasteiger partial charge in [-0.2, -0.15) is 9.78 Å². The zero-order valence-electron chi connectivity index (χ0n) is 22.2. The fourth-order valence-corrected chi connectivity index (χ4v) is 3.79. The number of hydrogen-bond donors (Lipinski definition) is 3. The summed E-state index contributed by atoms with van der Waals surface area (Å²) in [7, 11) is 1.54. The molecule has 2 aromatic carbocycles. The monoisotopic (exact) mass is 527 g/mol. The highest BCUT2D eigenvalue weighted by Gasteiger charge is 2.27. The molecule has 0 unspecified atom stereocenters. The first-order chi connectivity index (χ1) is 17.9. The van der Waals surface area contributed by atoms with Crippen LogP contribution in [-0.2, 0) is 11.2 Å². The number of aliphatic carboxylic acids is 1. The first kappa shape index (κ1) is 28.6. The van der Waals surface area contributed by atoms with Crippen LogP contribution in [0.25, 0.3) is 5.69 Å². The number of amides is 1. The highest BCUT2D eigenvalue weighted by Crippen LogP contribution is 2.28. The predicted molar refractivity (Wildman–Crippen MR) is 139 cm³/mol. The molecule has 38 heavy (non-hydrogen) atoms. The number of rotatable bonds is 11. The Balaban J connectivity index is 1.97. The highest BCUT2D eigenvalue weighted by atomic mass is 19.1. The van der Waals surface area contributed by atoms with Crippen LogP contribution in [0.4, 0.5) is 4.39 Å². The van der Waals surface area contributed by atoms with Crippen LogP contribution in [0.2, 0.25) is 0 Å². The zero-order valence-corrected chi connectivity index (χ0v) is 22.2. The molecule has 0 saturated carbocycles. The number of hydrogen-bond acceptors (Lipinski definition) is 6. The number of carboxylic acid groups (broad SMARTS) is 1. The maximum atomic E-state index is 14.6. The smallest absolute Gasteiger partial charge is 0.305 e. The van der Waals surface area contributed by atoms with Gasteiger partial charge < -0.3 is 25.0 Å². The number of carbonyl (C=O) groups excluding carboxylic acids is 1. The van der Waals surface area contributed by atoms with Gasteiger partial charge in [0.1, 0.15) is 23.9 Å². The van der Waals surface area contributed by atoms with E-state index >= 15 is 0 Å². The minimum Gasteiger partial charge on any atom is -0.497 e. The number of methoxy groups -OCH3 is 1. The predicted octanol–water partition coefficient (Wildman–Crippen LogP) is 4.31. The second kappa shape index (κ2) is 12.1. The molecule has 3 rings (SSSR count). The molecule has 0 saturated heterocycles. The van der Waals surface area contributed by atoms with Crippen LogP contribution in [0.15, 0.2) is 48.5 Å². The van der Waals surface area contributed by atoms with E-state index in [2.05, 4.69) is 10.4 Å². The lowest BCUT2D eigenvalue weighted by Gasteiger charge is -2.25. The molecule has 0 bridgehead atoms. The van der Waals surface area contributed by atoms with Gasteiger partial charge in [0, 0.05) is 6.07 Å². The van der Waals surface area contributed by atoms with E-state index in [1.807, 2.05) is 27.7 Å². The summed E-state index contributed by atoms with van der Waals surface area (Å²) in [5, 5.41) is 27.0. The molecule has 3 aromatic rings. The lowest BCUT2D eigenvalue weighted by molar-refractivity contribution is -0.137. The largest absolute Gasteiger partial charge is 0.497 e. The minimum atomic E-state index is -1.09. The Labute approximate surface area is 221 Å². The summed E-state index contributed by atoms with van der Waals surface area (Å²) in [6.45, 7) is 7.35. The molecule has 0 aliphatic carbocycles. The van der Waals surface area contributed by atoms with Gasteiger partial charge in [-0.05, 0) is 47.2 Å². The molecule has 1 aromatic heterocycles. The fraction of sp³-hybridized carbons (Fsp3) is 0.393. The molecule has 0 fully saturated rings. The van der Waals surface area contributed by atoms with Crippen molar-refractivity contribution >= 4 is 11.9 Å². The topological polar surface area (TPSA) is 123 Å². The summed E-state index contributed by atoms with van der Waals surface area (Å²) in [5.41, 5.74) is 0.950. The number of para-hydroxylation sites is 1. The number of aliphatic hydroxyl groups is 1. The van der Waals surface area contributed by atoms with Gasteiger partial charge in [-0.15, -0.1) is 0 Å². The number of ether oxygens (including phenoxy) is 2. The molecule has 0 spiro atoms. The second-order valence-electron chi connectivity index (χ2n) is 9.97. The second-order valence-corrected chi connectivity index (χ2v) is 9.97. The van der Waals surface area contributed by atoms with E-state index in [0.29, 0.717) is 17.7 Å². The molecule has 1 heterocycles. The summed E-state index contributed by atoms with van der Waals surface area (Å²) in [6.07, 6.45) is -0.611. The van der Waals surface area contributed by atoms with Crippen molar-refractivity contribution in [3.8, 4) is 17.3 Å². The molecular weight excluding hydrogens is 493 g/mol. The number of carboxylic acids is 1. The number of halogens is 1. The van der Waals surface area contributed by atoms with Crippen molar-refractivity contribution in [3.63, 3.8) is 0 Å². The number of nitrogens with zero attached hydrogens (tertiary/aromatic N) is 2. The Morgan fingerprint density at radius 1 is 1.16 bits per heavy atom. The van der Waals surface area contributed by atoms with Crippen molar-refractivity contribution < 1.29 is 33.7 Å². The highest BCUT2D eigenvalue weighted by molar-refractivity contribution is 5.93. The Morgan fingerprint density at radius 2 is 1.87 bits per heavy atom. The summed E-state index contributed by atoms with van der Waals surface area (Å²) in [6, 6.07) is 11.6. The molecule has 2 atom stereocenters. The average molecular weight is 528 g/mol. The van der Waals surface area contributed by atoms with E-state index in [4.69, 9.17) is 9.47 Å². The standard InChI is InChI=1S/C28H34FN3O6/c1-6-17-13-18(37-5)11-12-19(17)21(15-26(34)35)30-27(36)22-14-25(38-16-24(33)28(2,3)4)32(31-22)23-10-8-7-9-20(23)29/h7-14,21,24,33H,6,15-16H2,1-5H3,(H,30,36)(H,34,35)/t21-,24-/m0/s1. The van der Waals surface area contributed by atoms with Gasteiger partial charge in [-0.25, -0.2) is 4.39 Å². The lowest BCUT2D eigenvalue weighted by Crippen LogP contribution is -2.32. The number of nitrogens with one attached hydrogen (secondary N) is 1. The van der Waals surface area contributed by atoms with E-state index in [9.17, 15) is 24.2 Å². The maximum absolute atomic E-state index is 14.6. The first-order valence-corrected chi connectivity index (χ1v) is 12.3. The molecule has 1 amide bonds. The number of carbonyl (C=O) groups is 2. The lowest BCUT2D eigenvalue weighted by atomic mass is 9.90. The molecule has 9 nitrogen and oxygen atoms in total. The third-order valence-electron chi connectivity index (χ3n) is 6.17. The van der Waals surface area contributed by atoms with Crippen molar-refractivity contribution in [3.05, 3.63) is 71.2 Å². The average Bonchev–Trinajstić information content (AvgIpc) is 3.30. The van der Waals surface area contributed by atoms with Gasteiger partial charge in [0.05, 0.1) is 25.7 Å². The third kappa shape index (κ3) is 6.89. The normalized spacial score (nSPS) is 13.0. The van der Waals surface area contributed by atoms with E-state index in [1.54, 1.807) is 24.3 Å². The van der Waals surface area contributed by atoms with E-state index < -0.39 is 35.3 Å². The van der Waals surface area contributed by atoms with Gasteiger partial charge in [0.2, 0.25) is 5.88 Å². The molecule has 0 aliphatic heterocycles. The van der Waals surface area contributed by atoms with Gasteiger partial charge in [-0.1, -0.05) is 45.9 Å². The van der Waals surface area contributed by atoms with Crippen molar-refractivity contribution in [2.24, 2.45) is 5.41 Å². The van der Waals surface area contributed by atoms with Crippen molar-refractivity contribution in [2.45, 2.75) is 52.7 Å². The molecule has 0 radical (unpaired) electrons. The van der Waals surface area contributed by atoms with Crippen LogP contribution < -0.4 is 14.8 Å². The van der Waals surface area contributed by atoms with Crippen molar-refractivity contribution in [2.75, 3.05) is 13.7 Å². The van der Waals surface area contributed by atoms with Crippen LogP contribution in [0.3, 0.4) is 0 Å². The number of aromatic nitrogens is 2. The zero-order chi connectivity index (χ0) is 28.0. The summed E-state index contributed by atoms with van der Waals surface area (Å²) < 4.78 is 26.8. The fourth-order valence-electron chi connectivity index (χ4n) is 3.79. The van der Waals surface area contributed by atoms with Crippen LogP contribution in [0, 0.1) is 11.2 Å². The third-order valence-corrected chi connectivity index (χ3v) is 6.17. The molecule has 10 heteroatoms. The molecular formula is C28H34FN3O6. The summed E-state index contributed by atoms with van der Waals surface area (Å²) in [5.74, 6) is -1.67.